The van der Waals surface area contributed by atoms with Crippen molar-refractivity contribution in [2.24, 2.45) is 5.73 Å². The fourth-order valence-electron chi connectivity index (χ4n) is 3.04. The summed E-state index contributed by atoms with van der Waals surface area (Å²) in [6, 6.07) is 16.1. The van der Waals surface area contributed by atoms with Gasteiger partial charge in [0, 0.05) is 38.6 Å². The van der Waals surface area contributed by atoms with Gasteiger partial charge in [-0.1, -0.05) is 42.5 Å². The minimum atomic E-state index is -0.289. The van der Waals surface area contributed by atoms with Crippen molar-refractivity contribution in [3.05, 3.63) is 66.0 Å². The van der Waals surface area contributed by atoms with E-state index < -0.39 is 0 Å². The summed E-state index contributed by atoms with van der Waals surface area (Å²) in [7, 11) is 0. The Balaban J connectivity index is 1.55. The highest BCUT2D eigenvalue weighted by molar-refractivity contribution is 5.77. The summed E-state index contributed by atoms with van der Waals surface area (Å²) < 4.78 is 13.9. The molecular formula is C19H22FN3O. The fourth-order valence-corrected chi connectivity index (χ4v) is 3.04. The Morgan fingerprint density at radius 1 is 1.00 bits per heavy atom. The van der Waals surface area contributed by atoms with Gasteiger partial charge in [-0.05, 0) is 17.7 Å². The van der Waals surface area contributed by atoms with Crippen LogP contribution in [0.5, 0.6) is 0 Å². The van der Waals surface area contributed by atoms with Gasteiger partial charge in [0.15, 0.2) is 0 Å². The fraction of sp³-hybridized carbons (Fsp3) is 0.316. The topological polar surface area (TPSA) is 49.6 Å². The van der Waals surface area contributed by atoms with E-state index >= 15 is 0 Å². The van der Waals surface area contributed by atoms with Crippen molar-refractivity contribution in [3.63, 3.8) is 0 Å². The lowest BCUT2D eigenvalue weighted by Gasteiger charge is -2.36. The standard InChI is InChI=1S/C19H22FN3O/c20-16-8-4-5-9-18(16)22-10-12-23(13-11-22)19(24)14-17(21)15-6-2-1-3-7-15/h1-9,17H,10-14,21H2. The number of hydrogen-bond acceptors (Lipinski definition) is 3. The number of amides is 1. The van der Waals surface area contributed by atoms with Crippen molar-refractivity contribution in [2.75, 3.05) is 31.1 Å². The van der Waals surface area contributed by atoms with Crippen LogP contribution in [0.25, 0.3) is 0 Å². The number of nitrogens with two attached hydrogens (primary N) is 1. The highest BCUT2D eigenvalue weighted by atomic mass is 19.1. The molecule has 1 heterocycles. The predicted molar refractivity (Wildman–Crippen MR) is 93.2 cm³/mol. The molecule has 126 valence electrons. The smallest absolute Gasteiger partial charge is 0.224 e. The van der Waals surface area contributed by atoms with E-state index in [0.29, 0.717) is 38.3 Å². The quantitative estimate of drug-likeness (QED) is 0.939. The number of rotatable bonds is 4. The molecule has 2 aromatic carbocycles. The molecular weight excluding hydrogens is 305 g/mol. The van der Waals surface area contributed by atoms with Crippen LogP contribution in [0, 0.1) is 5.82 Å². The van der Waals surface area contributed by atoms with Crippen LogP contribution in [0.4, 0.5) is 10.1 Å². The molecule has 3 rings (SSSR count). The van der Waals surface area contributed by atoms with Crippen LogP contribution in [0.3, 0.4) is 0 Å². The van der Waals surface area contributed by atoms with E-state index in [1.807, 2.05) is 46.2 Å². The van der Waals surface area contributed by atoms with Gasteiger partial charge in [0.1, 0.15) is 5.82 Å². The van der Waals surface area contributed by atoms with Gasteiger partial charge >= 0.3 is 0 Å². The Morgan fingerprint density at radius 2 is 1.62 bits per heavy atom. The lowest BCUT2D eigenvalue weighted by atomic mass is 10.0. The maximum absolute atomic E-state index is 13.9. The van der Waals surface area contributed by atoms with Gasteiger partial charge in [0.05, 0.1) is 5.69 Å². The number of anilines is 1. The van der Waals surface area contributed by atoms with Crippen LogP contribution in [0.2, 0.25) is 0 Å². The van der Waals surface area contributed by atoms with E-state index in [9.17, 15) is 9.18 Å². The van der Waals surface area contributed by atoms with Gasteiger partial charge in [0.2, 0.25) is 5.91 Å². The molecule has 0 aliphatic carbocycles. The van der Waals surface area contributed by atoms with Crippen LogP contribution in [-0.4, -0.2) is 37.0 Å². The molecule has 0 radical (unpaired) electrons. The summed E-state index contributed by atoms with van der Waals surface area (Å²) in [5, 5.41) is 0. The third-order valence-corrected chi connectivity index (χ3v) is 4.45. The first-order valence-electron chi connectivity index (χ1n) is 8.23. The number of hydrogen-bond donors (Lipinski definition) is 1. The highest BCUT2D eigenvalue weighted by Crippen LogP contribution is 2.21. The second-order valence-corrected chi connectivity index (χ2v) is 6.04. The molecule has 0 saturated carbocycles. The van der Waals surface area contributed by atoms with Gasteiger partial charge in [-0.25, -0.2) is 4.39 Å². The van der Waals surface area contributed by atoms with Crippen LogP contribution >= 0.6 is 0 Å². The summed E-state index contributed by atoms with van der Waals surface area (Å²) in [6.45, 7) is 2.45. The molecule has 4 nitrogen and oxygen atoms in total. The van der Waals surface area contributed by atoms with E-state index in [0.717, 1.165) is 5.56 Å². The van der Waals surface area contributed by atoms with Gasteiger partial charge in [-0.2, -0.15) is 0 Å². The van der Waals surface area contributed by atoms with Crippen molar-refractivity contribution in [3.8, 4) is 0 Å². The zero-order valence-electron chi connectivity index (χ0n) is 13.6. The van der Waals surface area contributed by atoms with Crippen molar-refractivity contribution in [2.45, 2.75) is 12.5 Å². The van der Waals surface area contributed by atoms with E-state index in [2.05, 4.69) is 0 Å². The molecule has 1 saturated heterocycles. The van der Waals surface area contributed by atoms with Crippen LogP contribution < -0.4 is 10.6 Å². The van der Waals surface area contributed by atoms with Crippen molar-refractivity contribution < 1.29 is 9.18 Å². The van der Waals surface area contributed by atoms with Crippen molar-refractivity contribution in [1.29, 1.82) is 0 Å². The van der Waals surface area contributed by atoms with E-state index in [4.69, 9.17) is 5.73 Å². The highest BCUT2D eigenvalue weighted by Gasteiger charge is 2.24. The van der Waals surface area contributed by atoms with Crippen molar-refractivity contribution in [1.82, 2.24) is 4.90 Å². The van der Waals surface area contributed by atoms with E-state index in [-0.39, 0.29) is 17.8 Å². The molecule has 1 atom stereocenters. The molecule has 2 N–H and O–H groups in total. The lowest BCUT2D eigenvalue weighted by molar-refractivity contribution is -0.131. The second kappa shape index (κ2) is 7.45. The Bertz CT molecular complexity index is 684. The third kappa shape index (κ3) is 3.74. The number of nitrogens with zero attached hydrogens (tertiary/aromatic N) is 2. The van der Waals surface area contributed by atoms with Crippen LogP contribution in [0.1, 0.15) is 18.0 Å². The number of piperazine rings is 1. The first-order chi connectivity index (χ1) is 11.6. The van der Waals surface area contributed by atoms with Gasteiger partial charge in [0.25, 0.3) is 0 Å². The Kier molecular flexibility index (Phi) is 5.11. The second-order valence-electron chi connectivity index (χ2n) is 6.04. The predicted octanol–water partition coefficient (Wildman–Crippen LogP) is 2.56. The van der Waals surface area contributed by atoms with E-state index in [1.165, 1.54) is 6.07 Å². The molecule has 5 heteroatoms. The molecule has 1 amide bonds. The first kappa shape index (κ1) is 16.5. The van der Waals surface area contributed by atoms with E-state index in [1.54, 1.807) is 12.1 Å². The van der Waals surface area contributed by atoms with Gasteiger partial charge < -0.3 is 15.5 Å². The Morgan fingerprint density at radius 3 is 2.29 bits per heavy atom. The average molecular weight is 327 g/mol. The maximum Gasteiger partial charge on any atom is 0.224 e. The molecule has 0 aromatic heterocycles. The van der Waals surface area contributed by atoms with Gasteiger partial charge in [-0.15, -0.1) is 0 Å². The molecule has 1 fully saturated rings. The first-order valence-corrected chi connectivity index (χ1v) is 8.23. The molecule has 1 aliphatic rings. The minimum Gasteiger partial charge on any atom is -0.366 e. The number of carbonyl (C=O) groups is 1. The monoisotopic (exact) mass is 327 g/mol. The zero-order chi connectivity index (χ0) is 16.9. The summed E-state index contributed by atoms with van der Waals surface area (Å²) in [4.78, 5) is 16.2. The molecule has 0 spiro atoms. The lowest BCUT2D eigenvalue weighted by Crippen LogP contribution is -2.49. The third-order valence-electron chi connectivity index (χ3n) is 4.45. The normalized spacial score (nSPS) is 16.1. The minimum absolute atomic E-state index is 0.0551. The largest absolute Gasteiger partial charge is 0.366 e. The zero-order valence-corrected chi connectivity index (χ0v) is 13.6. The molecule has 2 aromatic rings. The summed E-state index contributed by atoms with van der Waals surface area (Å²) in [6.07, 6.45) is 0.295. The summed E-state index contributed by atoms with van der Waals surface area (Å²) >= 11 is 0. The number of benzene rings is 2. The summed E-state index contributed by atoms with van der Waals surface area (Å²) in [5.41, 5.74) is 7.70. The molecule has 0 bridgehead atoms. The van der Waals surface area contributed by atoms with Crippen LogP contribution in [0.15, 0.2) is 54.6 Å². The van der Waals surface area contributed by atoms with Gasteiger partial charge in [-0.3, -0.25) is 4.79 Å². The molecule has 1 unspecified atom stereocenters. The number of carbonyl (C=O) groups excluding carboxylic acids is 1. The summed E-state index contributed by atoms with van der Waals surface area (Å²) in [5.74, 6) is -0.164. The number of halogens is 1. The SMILES string of the molecule is NC(CC(=O)N1CCN(c2ccccc2F)CC1)c1ccccc1. The maximum atomic E-state index is 13.9. The number of para-hydroxylation sites is 1. The Hall–Kier alpha value is -2.40. The molecule has 24 heavy (non-hydrogen) atoms. The Labute approximate surface area is 141 Å². The average Bonchev–Trinajstić information content (AvgIpc) is 2.63. The molecule has 1 aliphatic heterocycles. The van der Waals surface area contributed by atoms with Crippen LogP contribution in [-0.2, 0) is 4.79 Å². The van der Waals surface area contributed by atoms with Crippen molar-refractivity contribution >= 4 is 11.6 Å².